The Morgan fingerprint density at radius 2 is 1.71 bits per heavy atom. The molecule has 0 N–H and O–H groups in total. The number of benzene rings is 1. The van der Waals surface area contributed by atoms with Crippen molar-refractivity contribution in [3.63, 3.8) is 0 Å². The molecule has 2 atom stereocenters. The Bertz CT molecular complexity index is 645. The molecular formula is C17H19NO3. The lowest BCUT2D eigenvalue weighted by Gasteiger charge is -2.19. The van der Waals surface area contributed by atoms with E-state index in [1.165, 1.54) is 16.7 Å². The summed E-state index contributed by atoms with van der Waals surface area (Å²) in [6.45, 7) is 6.28. The molecule has 2 unspecified atom stereocenters. The molecule has 4 nitrogen and oxygen atoms in total. The lowest BCUT2D eigenvalue weighted by atomic mass is 9.89. The second-order valence-electron chi connectivity index (χ2n) is 6.62. The van der Waals surface area contributed by atoms with Crippen LogP contribution in [0.15, 0.2) is 4.99 Å². The molecule has 1 aromatic carbocycles. The molecule has 4 heteroatoms. The number of nitrogens with zero attached hydrogens (tertiary/aromatic N) is 1. The van der Waals surface area contributed by atoms with Crippen molar-refractivity contribution in [3.05, 3.63) is 22.3 Å². The Labute approximate surface area is 124 Å². The van der Waals surface area contributed by atoms with Gasteiger partial charge in [0.2, 0.25) is 6.08 Å². The van der Waals surface area contributed by atoms with Crippen molar-refractivity contribution in [3.8, 4) is 11.5 Å². The zero-order chi connectivity index (χ0) is 14.8. The van der Waals surface area contributed by atoms with Crippen LogP contribution in [0.2, 0.25) is 0 Å². The number of carbonyl (C=O) groups excluding carboxylic acids is 1. The summed E-state index contributed by atoms with van der Waals surface area (Å²) in [7, 11) is 0. The van der Waals surface area contributed by atoms with E-state index < -0.39 is 5.54 Å². The predicted octanol–water partition coefficient (Wildman–Crippen LogP) is 2.97. The summed E-state index contributed by atoms with van der Waals surface area (Å²) < 4.78 is 12.2. The van der Waals surface area contributed by atoms with Crippen LogP contribution < -0.4 is 9.47 Å². The Balaban J connectivity index is 2.00. The number of rotatable bonds is 2. The van der Waals surface area contributed by atoms with E-state index in [1.54, 1.807) is 6.08 Å². The highest BCUT2D eigenvalue weighted by Gasteiger charge is 2.51. The topological polar surface area (TPSA) is 47.9 Å². The van der Waals surface area contributed by atoms with Gasteiger partial charge in [0.15, 0.2) is 0 Å². The average Bonchev–Trinajstić information content (AvgIpc) is 2.92. The highest BCUT2D eigenvalue weighted by molar-refractivity contribution is 5.65. The summed E-state index contributed by atoms with van der Waals surface area (Å²) in [5.74, 6) is 1.97. The Kier molecular flexibility index (Phi) is 2.52. The predicted molar refractivity (Wildman–Crippen MR) is 77.8 cm³/mol. The molecule has 2 heterocycles. The van der Waals surface area contributed by atoms with Gasteiger partial charge < -0.3 is 9.47 Å². The smallest absolute Gasteiger partial charge is 0.235 e. The molecule has 0 amide bonds. The van der Waals surface area contributed by atoms with Crippen molar-refractivity contribution < 1.29 is 14.3 Å². The van der Waals surface area contributed by atoms with Gasteiger partial charge in [-0.05, 0) is 39.2 Å². The van der Waals surface area contributed by atoms with Gasteiger partial charge in [-0.15, -0.1) is 0 Å². The van der Waals surface area contributed by atoms with Gasteiger partial charge in [-0.2, -0.15) is 4.99 Å². The summed E-state index contributed by atoms with van der Waals surface area (Å²) in [5, 5.41) is 0. The van der Waals surface area contributed by atoms with Crippen molar-refractivity contribution in [2.75, 3.05) is 0 Å². The molecule has 2 aliphatic heterocycles. The third-order valence-electron chi connectivity index (χ3n) is 4.94. The Hall–Kier alpha value is -1.80. The number of fused-ring (bicyclic) bond motifs is 2. The van der Waals surface area contributed by atoms with Crippen LogP contribution in [0.5, 0.6) is 11.5 Å². The van der Waals surface area contributed by atoms with E-state index in [4.69, 9.17) is 9.47 Å². The molecule has 3 aliphatic rings. The highest BCUT2D eigenvalue weighted by Crippen LogP contribution is 2.59. The summed E-state index contributed by atoms with van der Waals surface area (Å²) >= 11 is 0. The zero-order valence-electron chi connectivity index (χ0n) is 12.7. The first-order valence-corrected chi connectivity index (χ1v) is 7.67. The molecular weight excluding hydrogens is 266 g/mol. The molecule has 1 saturated carbocycles. The number of aliphatic imine (C=N–C) groups is 1. The van der Waals surface area contributed by atoms with Gasteiger partial charge in [0, 0.05) is 29.5 Å². The van der Waals surface area contributed by atoms with E-state index in [-0.39, 0.29) is 12.2 Å². The first-order valence-electron chi connectivity index (χ1n) is 7.67. The zero-order valence-corrected chi connectivity index (χ0v) is 12.7. The fourth-order valence-electron chi connectivity index (χ4n) is 3.84. The van der Waals surface area contributed by atoms with Gasteiger partial charge in [0.25, 0.3) is 0 Å². The maximum atomic E-state index is 10.9. The number of isocyanates is 1. The van der Waals surface area contributed by atoms with Gasteiger partial charge in [0.05, 0.1) is 0 Å². The molecule has 0 aromatic heterocycles. The number of hydrogen-bond donors (Lipinski definition) is 0. The average molecular weight is 285 g/mol. The molecule has 0 saturated heterocycles. The van der Waals surface area contributed by atoms with E-state index in [2.05, 4.69) is 25.8 Å². The minimum atomic E-state index is -0.402. The maximum Gasteiger partial charge on any atom is 0.235 e. The minimum Gasteiger partial charge on any atom is -0.490 e. The first kappa shape index (κ1) is 12.9. The van der Waals surface area contributed by atoms with E-state index in [9.17, 15) is 4.79 Å². The second-order valence-corrected chi connectivity index (χ2v) is 6.62. The highest BCUT2D eigenvalue weighted by atomic mass is 16.5. The van der Waals surface area contributed by atoms with E-state index >= 15 is 0 Å². The fourth-order valence-corrected chi connectivity index (χ4v) is 3.84. The summed E-state index contributed by atoms with van der Waals surface area (Å²) in [5.41, 5.74) is 4.33. The van der Waals surface area contributed by atoms with Gasteiger partial charge in [-0.1, -0.05) is 0 Å². The van der Waals surface area contributed by atoms with E-state index in [0.29, 0.717) is 0 Å². The molecule has 0 spiro atoms. The summed E-state index contributed by atoms with van der Waals surface area (Å²) in [6.07, 6.45) is 5.68. The standard InChI is InChI=1S/C17H19NO3/c1-9-6-12-11(3)15-13(7-10(2)20-15)14(16(12)21-9)17(4-5-17)18-8-19/h9-10H,4-7H2,1-3H3. The minimum absolute atomic E-state index is 0.174. The number of ether oxygens (including phenoxy) is 2. The Morgan fingerprint density at radius 3 is 2.33 bits per heavy atom. The third-order valence-corrected chi connectivity index (χ3v) is 4.94. The van der Waals surface area contributed by atoms with Crippen molar-refractivity contribution in [2.24, 2.45) is 4.99 Å². The molecule has 110 valence electrons. The summed E-state index contributed by atoms with van der Waals surface area (Å²) in [6, 6.07) is 0. The molecule has 0 bridgehead atoms. The first-order chi connectivity index (χ1) is 10.1. The van der Waals surface area contributed by atoms with Crippen LogP contribution in [0.25, 0.3) is 0 Å². The van der Waals surface area contributed by atoms with E-state index in [0.717, 1.165) is 42.7 Å². The SMILES string of the molecule is Cc1c2c(c(C3(N=C=O)CC3)c3c1OC(C)C3)OC(C)C2. The third kappa shape index (κ3) is 1.69. The summed E-state index contributed by atoms with van der Waals surface area (Å²) in [4.78, 5) is 15.0. The van der Waals surface area contributed by atoms with Gasteiger partial charge in [0.1, 0.15) is 29.2 Å². The van der Waals surface area contributed by atoms with Crippen LogP contribution in [-0.2, 0) is 23.2 Å². The van der Waals surface area contributed by atoms with Gasteiger partial charge in [-0.3, -0.25) is 0 Å². The molecule has 4 rings (SSSR count). The van der Waals surface area contributed by atoms with Crippen LogP contribution in [-0.4, -0.2) is 18.3 Å². The van der Waals surface area contributed by atoms with Crippen LogP contribution in [0.1, 0.15) is 48.9 Å². The second kappa shape index (κ2) is 4.11. The monoisotopic (exact) mass is 285 g/mol. The number of hydrogen-bond acceptors (Lipinski definition) is 4. The van der Waals surface area contributed by atoms with Crippen molar-refractivity contribution in [1.29, 1.82) is 0 Å². The lowest BCUT2D eigenvalue weighted by Crippen LogP contribution is -2.12. The normalized spacial score (nSPS) is 27.2. The van der Waals surface area contributed by atoms with E-state index in [1.807, 2.05) is 0 Å². The van der Waals surface area contributed by atoms with Crippen molar-refractivity contribution in [1.82, 2.24) is 0 Å². The molecule has 21 heavy (non-hydrogen) atoms. The van der Waals surface area contributed by atoms with Crippen LogP contribution in [0, 0.1) is 6.92 Å². The van der Waals surface area contributed by atoms with Gasteiger partial charge in [-0.25, -0.2) is 4.79 Å². The quantitative estimate of drug-likeness (QED) is 0.620. The molecule has 1 fully saturated rings. The largest absolute Gasteiger partial charge is 0.490 e. The Morgan fingerprint density at radius 1 is 1.10 bits per heavy atom. The maximum absolute atomic E-state index is 10.9. The molecule has 1 aromatic rings. The lowest BCUT2D eigenvalue weighted by molar-refractivity contribution is 0.250. The van der Waals surface area contributed by atoms with Crippen LogP contribution in [0.3, 0.4) is 0 Å². The van der Waals surface area contributed by atoms with Crippen molar-refractivity contribution in [2.45, 2.75) is 64.2 Å². The fraction of sp³-hybridized carbons (Fsp3) is 0.588. The van der Waals surface area contributed by atoms with Crippen LogP contribution in [0.4, 0.5) is 0 Å². The van der Waals surface area contributed by atoms with Gasteiger partial charge >= 0.3 is 0 Å². The molecule has 0 radical (unpaired) electrons. The molecule has 1 aliphatic carbocycles. The van der Waals surface area contributed by atoms with Crippen LogP contribution >= 0.6 is 0 Å². The van der Waals surface area contributed by atoms with Crippen molar-refractivity contribution >= 4 is 6.08 Å².